The third-order valence-corrected chi connectivity index (χ3v) is 20.4. The molecule has 18 heteroatoms. The number of nitrogens with one attached hydrogen (secondary N) is 3. The second-order valence-corrected chi connectivity index (χ2v) is 28.0. The Morgan fingerprint density at radius 2 is 0.667 bits per heavy atom. The van der Waals surface area contributed by atoms with Crippen LogP contribution in [-0.2, 0) is 33.6 Å². The van der Waals surface area contributed by atoms with Crippen molar-refractivity contribution in [1.82, 2.24) is 43.6 Å². The Morgan fingerprint density at radius 3 is 1.09 bits per heavy atom. The van der Waals surface area contributed by atoms with Gasteiger partial charge in [0.15, 0.2) is 0 Å². The van der Waals surface area contributed by atoms with Crippen molar-refractivity contribution in [2.75, 3.05) is 16.0 Å². The first kappa shape index (κ1) is 72.9. The molecule has 0 saturated heterocycles. The predicted molar refractivity (Wildman–Crippen MR) is 459 cm³/mol. The molecule has 0 bridgehead atoms. The molecule has 0 saturated carbocycles. The topological polar surface area (TPSA) is 231 Å². The van der Waals surface area contributed by atoms with Crippen molar-refractivity contribution >= 4 is 133 Å². The molecule has 18 aromatic rings. The van der Waals surface area contributed by atoms with Crippen LogP contribution in [0.5, 0.6) is 0 Å². The molecule has 3 N–H and O–H groups in total. The molecule has 9 aromatic heterocycles. The van der Waals surface area contributed by atoms with Crippen LogP contribution in [0.4, 0.5) is 17.1 Å². The summed E-state index contributed by atoms with van der Waals surface area (Å²) in [6, 6.07) is 74.4. The number of aryl methyl sites for hydroxylation is 3. The van der Waals surface area contributed by atoms with E-state index in [1.54, 1.807) is 87.3 Å². The van der Waals surface area contributed by atoms with Crippen LogP contribution in [0, 0.1) is 20.8 Å². The first-order chi connectivity index (χ1) is 55.5. The summed E-state index contributed by atoms with van der Waals surface area (Å²) in [6.07, 6.45) is 18.5. The van der Waals surface area contributed by atoms with Crippen molar-refractivity contribution in [3.05, 3.63) is 393 Å². The van der Waals surface area contributed by atoms with Gasteiger partial charge in [0.2, 0.25) is 17.7 Å². The van der Waals surface area contributed by atoms with Crippen molar-refractivity contribution in [3.8, 4) is 17.1 Å². The smallest absolute Gasteiger partial charge is 0.255 e. The van der Waals surface area contributed by atoms with Crippen molar-refractivity contribution in [2.24, 2.45) is 0 Å². The maximum Gasteiger partial charge on any atom is 0.255 e. The van der Waals surface area contributed by atoms with Gasteiger partial charge < -0.3 is 16.0 Å². The highest BCUT2D eigenvalue weighted by atomic mass is 16.2. The lowest BCUT2D eigenvalue weighted by molar-refractivity contribution is -0.112. The molecule has 0 aliphatic heterocycles. The predicted octanol–water partition coefficient (Wildman–Crippen LogP) is 18.3. The zero-order valence-corrected chi connectivity index (χ0v) is 62.4. The summed E-state index contributed by atoms with van der Waals surface area (Å²) in [5.41, 5.74) is 19.5. The Labute approximate surface area is 653 Å². The molecule has 18 rings (SSSR count). The van der Waals surface area contributed by atoms with Crippen LogP contribution in [0.25, 0.3) is 115 Å². The molecule has 0 spiro atoms. The normalized spacial score (nSPS) is 11.2. The third-order valence-electron chi connectivity index (χ3n) is 20.4. The molecule has 552 valence electrons. The summed E-state index contributed by atoms with van der Waals surface area (Å²) >= 11 is 0. The standard InChI is InChI=1S/3C32H24N4O2/c1-3-30(37)35-29-17-26(9-4-20(29)2)36-31(38)11-8-25-19-34-28-10-6-22(16-27(28)32(25)36)14-21-5-7-24-18-33-13-12-23(24)15-21;1-3-30(37)35-29-18-25(10-6-20(29)2)36-31(38)13-9-24-19-34-28-12-8-22(17-26(28)32(24)36)15-21-7-11-27-23(16-21)5-4-14-33-27;1-3-30(37)35-28-18-25(11-6-20(28)2)36-31(38)13-10-24-19-34-27-12-8-21(16-26(27)32(24)36)15-22-7-9-23-5-4-14-33-29(23)17-22/h3-13,15-19H,1,14H2,2H3,(H,35,37);2*3-14,16-19H,1,15H2,2H3,(H,35,37). The highest BCUT2D eigenvalue weighted by Gasteiger charge is 2.19. The van der Waals surface area contributed by atoms with Gasteiger partial charge in [0.25, 0.3) is 16.7 Å². The molecule has 9 heterocycles. The zero-order valence-electron chi connectivity index (χ0n) is 62.4. The Kier molecular flexibility index (Phi) is 20.0. The average molecular weight is 1490 g/mol. The molecule has 0 aliphatic carbocycles. The summed E-state index contributed by atoms with van der Waals surface area (Å²) in [5.74, 6) is -0.919. The summed E-state index contributed by atoms with van der Waals surface area (Å²) < 4.78 is 5.06. The molecule has 0 atom stereocenters. The van der Waals surface area contributed by atoms with Gasteiger partial charge in [-0.2, -0.15) is 0 Å². The van der Waals surface area contributed by atoms with E-state index >= 15 is 0 Å². The largest absolute Gasteiger partial charge is 0.322 e. The first-order valence-electron chi connectivity index (χ1n) is 36.9. The summed E-state index contributed by atoms with van der Waals surface area (Å²) in [5, 5.41) is 18.2. The first-order valence-corrected chi connectivity index (χ1v) is 36.9. The zero-order chi connectivity index (χ0) is 78.7. The molecule has 0 fully saturated rings. The second-order valence-electron chi connectivity index (χ2n) is 28.0. The van der Waals surface area contributed by atoms with Crippen LogP contribution in [0.15, 0.2) is 326 Å². The van der Waals surface area contributed by atoms with Crippen molar-refractivity contribution < 1.29 is 14.4 Å². The molecule has 0 radical (unpaired) electrons. The number of hydrogen-bond acceptors (Lipinski definition) is 12. The maximum atomic E-state index is 13.3. The van der Waals surface area contributed by atoms with Crippen LogP contribution in [0.3, 0.4) is 0 Å². The monoisotopic (exact) mass is 1490 g/mol. The number of hydrogen-bond donors (Lipinski definition) is 3. The van der Waals surface area contributed by atoms with E-state index in [1.807, 2.05) is 124 Å². The Bertz CT molecular complexity index is 6550. The van der Waals surface area contributed by atoms with E-state index in [9.17, 15) is 28.8 Å². The van der Waals surface area contributed by atoms with Gasteiger partial charge in [-0.3, -0.25) is 72.4 Å². The molecular weight excluding hydrogens is 1420 g/mol. The van der Waals surface area contributed by atoms with Crippen LogP contribution in [0.1, 0.15) is 50.1 Å². The molecule has 0 unspecified atom stereocenters. The van der Waals surface area contributed by atoms with E-state index in [0.717, 1.165) is 156 Å². The second kappa shape index (κ2) is 31.4. The van der Waals surface area contributed by atoms with E-state index in [1.165, 1.54) is 29.4 Å². The van der Waals surface area contributed by atoms with E-state index < -0.39 is 0 Å². The molecule has 0 aliphatic rings. The lowest BCUT2D eigenvalue weighted by Gasteiger charge is -2.15. The minimum atomic E-state index is -0.307. The third kappa shape index (κ3) is 15.0. The van der Waals surface area contributed by atoms with Crippen LogP contribution in [-0.4, -0.2) is 61.3 Å². The lowest BCUT2D eigenvalue weighted by atomic mass is 10.00. The number of fused-ring (bicyclic) bond motifs is 12. The highest BCUT2D eigenvalue weighted by molar-refractivity contribution is 6.08. The molecule has 9 aromatic carbocycles. The number of carbonyl (C=O) groups excluding carboxylic acids is 3. The quantitative estimate of drug-likeness (QED) is 0.0643. The van der Waals surface area contributed by atoms with Crippen molar-refractivity contribution in [3.63, 3.8) is 0 Å². The van der Waals surface area contributed by atoms with E-state index in [0.29, 0.717) is 34.1 Å². The van der Waals surface area contributed by atoms with Crippen LogP contribution >= 0.6 is 0 Å². The minimum Gasteiger partial charge on any atom is -0.322 e. The number of carbonyl (C=O) groups is 3. The highest BCUT2D eigenvalue weighted by Crippen LogP contribution is 2.34. The molecule has 114 heavy (non-hydrogen) atoms. The number of aromatic nitrogens is 9. The van der Waals surface area contributed by atoms with Gasteiger partial charge in [-0.05, 0) is 241 Å². The molecule has 18 nitrogen and oxygen atoms in total. The number of rotatable bonds is 15. The Morgan fingerprint density at radius 1 is 0.316 bits per heavy atom. The fraction of sp³-hybridized carbons (Fsp3) is 0.0625. The van der Waals surface area contributed by atoms with E-state index in [-0.39, 0.29) is 34.4 Å². The molecular formula is C96H72N12O6. The molecule has 3 amide bonds. The maximum absolute atomic E-state index is 13.3. The summed E-state index contributed by atoms with van der Waals surface area (Å²) in [6.45, 7) is 16.3. The fourth-order valence-electron chi connectivity index (χ4n) is 14.6. The Hall–Kier alpha value is -15.3. The number of pyridine rings is 9. The minimum absolute atomic E-state index is 0.164. The van der Waals surface area contributed by atoms with E-state index in [4.69, 9.17) is 0 Å². The number of nitrogens with zero attached hydrogens (tertiary/aromatic N) is 9. The fourth-order valence-corrected chi connectivity index (χ4v) is 14.6. The number of anilines is 3. The Balaban J connectivity index is 0.000000129. The van der Waals surface area contributed by atoms with Crippen LogP contribution < -0.4 is 32.6 Å². The number of benzene rings is 9. The number of amides is 3. The van der Waals surface area contributed by atoms with Gasteiger partial charge in [-0.25, -0.2) is 0 Å². The van der Waals surface area contributed by atoms with Gasteiger partial charge in [0, 0.05) is 127 Å². The van der Waals surface area contributed by atoms with Crippen LogP contribution in [0.2, 0.25) is 0 Å². The van der Waals surface area contributed by atoms with Gasteiger partial charge in [-0.15, -0.1) is 0 Å². The van der Waals surface area contributed by atoms with Crippen molar-refractivity contribution in [1.29, 1.82) is 0 Å². The van der Waals surface area contributed by atoms with E-state index in [2.05, 4.69) is 163 Å². The average Bonchev–Trinajstić information content (AvgIpc) is 0.760. The van der Waals surface area contributed by atoms with Gasteiger partial charge >= 0.3 is 0 Å². The summed E-state index contributed by atoms with van der Waals surface area (Å²) in [7, 11) is 0. The van der Waals surface area contributed by atoms with Gasteiger partial charge in [-0.1, -0.05) is 105 Å². The lowest BCUT2D eigenvalue weighted by Crippen LogP contribution is -2.18. The van der Waals surface area contributed by atoms with Gasteiger partial charge in [0.1, 0.15) is 0 Å². The SMILES string of the molecule is C=CC(=O)Nc1cc(-n2c(=O)ccc3cnc4ccc(Cc5ccc6cccnc6c5)cc4c32)ccc1C.C=CC(=O)Nc1cc(-n2c(=O)ccc3cnc4ccc(Cc5ccc6cnccc6c5)cc4c32)ccc1C.C=CC(=O)Nc1cc(-n2c(=O)ccc3cnc4ccc(Cc5ccc6ncccc6c5)cc4c32)ccc1C. The summed E-state index contributed by atoms with van der Waals surface area (Å²) in [4.78, 5) is 103. The van der Waals surface area contributed by atoms with Gasteiger partial charge in [0.05, 0.1) is 61.2 Å². The van der Waals surface area contributed by atoms with Crippen molar-refractivity contribution in [2.45, 2.75) is 40.0 Å².